The number of nitrogen functional groups attached to an aromatic ring is 1. The van der Waals surface area contributed by atoms with Gasteiger partial charge < -0.3 is 21.5 Å². The molecule has 2 aromatic carbocycles. The Balaban J connectivity index is 1.80. The number of para-hydroxylation sites is 2. The first-order chi connectivity index (χ1) is 13.5. The Kier molecular flexibility index (Phi) is 8.05. The van der Waals surface area contributed by atoms with Crippen LogP contribution in [0.5, 0.6) is 5.75 Å². The van der Waals surface area contributed by atoms with Crippen LogP contribution in [0.4, 0.5) is 15.8 Å². The Morgan fingerprint density at radius 2 is 2.04 bits per heavy atom. The second-order valence-electron chi connectivity index (χ2n) is 5.57. The van der Waals surface area contributed by atoms with Crippen molar-refractivity contribution in [2.45, 2.75) is 0 Å². The van der Waals surface area contributed by atoms with Crippen LogP contribution in [0.1, 0.15) is 0 Å². The van der Waals surface area contributed by atoms with Gasteiger partial charge in [0.2, 0.25) is 5.91 Å². The number of carbonyl (C=O) groups excluding carboxylic acids is 1. The number of carbonyl (C=O) groups is 1. The Morgan fingerprint density at radius 3 is 2.75 bits per heavy atom. The lowest BCUT2D eigenvalue weighted by atomic mass is 10.2. The SMILES string of the molecule is NC=C(C=NCCOc1cc(F)cc(Cl)c1)/C=C/C(=O)Nc1ccccc1N. The van der Waals surface area contributed by atoms with E-state index in [0.29, 0.717) is 29.2 Å². The fourth-order valence-corrected chi connectivity index (χ4v) is 2.31. The molecule has 146 valence electrons. The molecule has 5 N–H and O–H groups in total. The fourth-order valence-electron chi connectivity index (χ4n) is 2.10. The maximum Gasteiger partial charge on any atom is 0.248 e. The fraction of sp³-hybridized carbons (Fsp3) is 0.100. The van der Waals surface area contributed by atoms with Crippen molar-refractivity contribution in [1.82, 2.24) is 0 Å². The molecule has 0 unspecified atom stereocenters. The number of hydrogen-bond donors (Lipinski definition) is 3. The third kappa shape index (κ3) is 7.13. The van der Waals surface area contributed by atoms with Crippen LogP contribution in [0.15, 0.2) is 71.4 Å². The second-order valence-corrected chi connectivity index (χ2v) is 6.00. The molecule has 0 radical (unpaired) electrons. The number of benzene rings is 2. The number of nitrogens with zero attached hydrogens (tertiary/aromatic N) is 1. The number of rotatable bonds is 8. The predicted molar refractivity (Wildman–Crippen MR) is 111 cm³/mol. The van der Waals surface area contributed by atoms with Crippen LogP contribution in [0.25, 0.3) is 0 Å². The lowest BCUT2D eigenvalue weighted by Crippen LogP contribution is -2.09. The first kappa shape index (κ1) is 21.0. The molecule has 0 aromatic heterocycles. The van der Waals surface area contributed by atoms with Crippen molar-refractivity contribution < 1.29 is 13.9 Å². The van der Waals surface area contributed by atoms with E-state index in [0.717, 1.165) is 0 Å². The van der Waals surface area contributed by atoms with Gasteiger partial charge in [-0.3, -0.25) is 9.79 Å². The third-order valence-corrected chi connectivity index (χ3v) is 3.62. The van der Waals surface area contributed by atoms with E-state index in [1.807, 2.05) is 0 Å². The van der Waals surface area contributed by atoms with Crippen LogP contribution in [0.2, 0.25) is 5.02 Å². The van der Waals surface area contributed by atoms with Crippen molar-refractivity contribution in [1.29, 1.82) is 0 Å². The van der Waals surface area contributed by atoms with E-state index in [2.05, 4.69) is 10.3 Å². The Labute approximate surface area is 167 Å². The first-order valence-corrected chi connectivity index (χ1v) is 8.70. The molecule has 8 heteroatoms. The number of ether oxygens (including phenoxy) is 1. The molecule has 0 aliphatic rings. The third-order valence-electron chi connectivity index (χ3n) is 3.40. The van der Waals surface area contributed by atoms with Crippen molar-refractivity contribution in [3.8, 4) is 5.75 Å². The van der Waals surface area contributed by atoms with Crippen LogP contribution >= 0.6 is 11.6 Å². The molecule has 1 amide bonds. The molecule has 2 rings (SSSR count). The average molecular weight is 403 g/mol. The van der Waals surface area contributed by atoms with Crippen molar-refractivity contribution >= 4 is 35.1 Å². The van der Waals surface area contributed by atoms with E-state index in [1.165, 1.54) is 42.8 Å². The Morgan fingerprint density at radius 1 is 1.25 bits per heavy atom. The number of anilines is 2. The number of hydrogen-bond acceptors (Lipinski definition) is 5. The highest BCUT2D eigenvalue weighted by Gasteiger charge is 2.01. The van der Waals surface area contributed by atoms with Crippen LogP contribution < -0.4 is 21.5 Å². The number of nitrogens with two attached hydrogens (primary N) is 2. The maximum absolute atomic E-state index is 13.2. The van der Waals surface area contributed by atoms with Crippen LogP contribution in [0.3, 0.4) is 0 Å². The molecule has 0 aliphatic heterocycles. The van der Waals surface area contributed by atoms with Crippen molar-refractivity contribution in [2.75, 3.05) is 24.2 Å². The lowest BCUT2D eigenvalue weighted by Gasteiger charge is -2.05. The summed E-state index contributed by atoms with van der Waals surface area (Å²) in [4.78, 5) is 16.1. The van der Waals surface area contributed by atoms with Crippen LogP contribution in [-0.2, 0) is 4.79 Å². The minimum absolute atomic E-state index is 0.228. The minimum Gasteiger partial charge on any atom is -0.492 e. The van der Waals surface area contributed by atoms with E-state index in [1.54, 1.807) is 24.3 Å². The summed E-state index contributed by atoms with van der Waals surface area (Å²) in [6.07, 6.45) is 5.66. The van der Waals surface area contributed by atoms with E-state index < -0.39 is 5.82 Å². The number of aliphatic imine (C=N–C) groups is 1. The highest BCUT2D eigenvalue weighted by atomic mass is 35.5. The van der Waals surface area contributed by atoms with Crippen molar-refractivity contribution in [3.05, 3.63) is 77.2 Å². The molecule has 0 saturated heterocycles. The van der Waals surface area contributed by atoms with Crippen molar-refractivity contribution in [2.24, 2.45) is 10.7 Å². The molecule has 2 aromatic rings. The summed E-state index contributed by atoms with van der Waals surface area (Å²) in [7, 11) is 0. The summed E-state index contributed by atoms with van der Waals surface area (Å²) in [6, 6.07) is 10.9. The number of amides is 1. The molecule has 0 fully saturated rings. The highest BCUT2D eigenvalue weighted by Crippen LogP contribution is 2.20. The van der Waals surface area contributed by atoms with Gasteiger partial charge in [-0.25, -0.2) is 4.39 Å². The molecule has 6 nitrogen and oxygen atoms in total. The van der Waals surface area contributed by atoms with Gasteiger partial charge in [0.05, 0.1) is 17.9 Å². The zero-order valence-electron chi connectivity index (χ0n) is 14.9. The van der Waals surface area contributed by atoms with Gasteiger partial charge in [0, 0.05) is 35.2 Å². The Bertz CT molecular complexity index is 893. The largest absolute Gasteiger partial charge is 0.492 e. The summed E-state index contributed by atoms with van der Waals surface area (Å²) in [5.41, 5.74) is 12.8. The highest BCUT2D eigenvalue weighted by molar-refractivity contribution is 6.30. The number of nitrogens with one attached hydrogen (secondary N) is 1. The molecular formula is C20H20ClFN4O2. The average Bonchev–Trinajstić information content (AvgIpc) is 2.65. The molecule has 0 atom stereocenters. The summed E-state index contributed by atoms with van der Waals surface area (Å²) in [6.45, 7) is 0.539. The zero-order valence-corrected chi connectivity index (χ0v) is 15.7. The summed E-state index contributed by atoms with van der Waals surface area (Å²) < 4.78 is 18.6. The van der Waals surface area contributed by atoms with Gasteiger partial charge in [0.25, 0.3) is 0 Å². The first-order valence-electron chi connectivity index (χ1n) is 8.32. The number of allylic oxidation sites excluding steroid dienone is 2. The maximum atomic E-state index is 13.2. The minimum atomic E-state index is -0.472. The normalized spacial score (nSPS) is 11.9. The standard InChI is InChI=1S/C20H20ClFN4O2/c21-15-9-16(22)11-17(10-15)28-8-7-25-13-14(12-23)5-6-20(27)26-19-4-2-1-3-18(19)24/h1-6,9-13H,7-8,23-24H2,(H,26,27)/b6-5+,14-12?,25-13?. The quantitative estimate of drug-likeness (QED) is 0.206. The van der Waals surface area contributed by atoms with Gasteiger partial charge in [-0.15, -0.1) is 0 Å². The summed E-state index contributed by atoms with van der Waals surface area (Å²) in [5, 5.41) is 2.93. The summed E-state index contributed by atoms with van der Waals surface area (Å²) >= 11 is 5.75. The second kappa shape index (κ2) is 10.7. The molecule has 0 spiro atoms. The summed E-state index contributed by atoms with van der Waals surface area (Å²) in [5.74, 6) is -0.497. The van der Waals surface area contributed by atoms with Gasteiger partial charge >= 0.3 is 0 Å². The van der Waals surface area contributed by atoms with Crippen molar-refractivity contribution in [3.63, 3.8) is 0 Å². The van der Waals surface area contributed by atoms with E-state index >= 15 is 0 Å². The topological polar surface area (TPSA) is 103 Å². The smallest absolute Gasteiger partial charge is 0.248 e. The number of halogens is 2. The monoisotopic (exact) mass is 402 g/mol. The van der Waals surface area contributed by atoms with E-state index in [4.69, 9.17) is 27.8 Å². The Hall–Kier alpha value is -3.32. The van der Waals surface area contributed by atoms with Crippen LogP contribution in [-0.4, -0.2) is 25.3 Å². The lowest BCUT2D eigenvalue weighted by molar-refractivity contribution is -0.111. The van der Waals surface area contributed by atoms with E-state index in [-0.39, 0.29) is 17.5 Å². The predicted octanol–water partition coefficient (Wildman–Crippen LogP) is 3.55. The zero-order chi connectivity index (χ0) is 20.4. The van der Waals surface area contributed by atoms with Gasteiger partial charge in [-0.05, 0) is 30.3 Å². The molecule has 28 heavy (non-hydrogen) atoms. The molecular weight excluding hydrogens is 383 g/mol. The van der Waals surface area contributed by atoms with Gasteiger partial charge in [-0.1, -0.05) is 23.7 Å². The van der Waals surface area contributed by atoms with Gasteiger partial charge in [0.1, 0.15) is 18.2 Å². The molecule has 0 saturated carbocycles. The van der Waals surface area contributed by atoms with E-state index in [9.17, 15) is 9.18 Å². The molecule has 0 aliphatic carbocycles. The molecule has 0 bridgehead atoms. The van der Waals surface area contributed by atoms with Gasteiger partial charge in [0.15, 0.2) is 0 Å². The van der Waals surface area contributed by atoms with Gasteiger partial charge in [-0.2, -0.15) is 0 Å². The van der Waals surface area contributed by atoms with Crippen LogP contribution in [0, 0.1) is 5.82 Å². The molecule has 0 heterocycles.